The molecule has 2 N–H and O–H groups in total. The molecule has 0 bridgehead atoms. The Morgan fingerprint density at radius 3 is 3.00 bits per heavy atom. The van der Waals surface area contributed by atoms with Gasteiger partial charge in [-0.15, -0.1) is 0 Å². The molecule has 1 aromatic heterocycles. The number of carbonyl (C=O) groups is 1. The van der Waals surface area contributed by atoms with Crippen molar-refractivity contribution in [3.05, 3.63) is 29.8 Å². The first-order valence-electron chi connectivity index (χ1n) is 4.06. The molecule has 13 heavy (non-hydrogen) atoms. The fourth-order valence-electron chi connectivity index (χ4n) is 0.960. The second-order valence-corrected chi connectivity index (χ2v) is 2.73. The van der Waals surface area contributed by atoms with Crippen molar-refractivity contribution in [2.75, 3.05) is 0 Å². The molecule has 1 aromatic rings. The molecule has 0 aliphatic heterocycles. The normalized spacial score (nSPS) is 12.5. The Morgan fingerprint density at radius 1 is 1.77 bits per heavy atom. The number of nitrogens with zero attached hydrogens (tertiary/aromatic N) is 1. The average molecular weight is 182 g/mol. The minimum absolute atomic E-state index is 0.0179. The second-order valence-electron chi connectivity index (χ2n) is 2.73. The number of halogens is 1. The molecule has 3 nitrogen and oxygen atoms in total. The first-order valence-corrected chi connectivity index (χ1v) is 4.06. The molecule has 0 aliphatic carbocycles. The van der Waals surface area contributed by atoms with E-state index >= 15 is 0 Å². The highest BCUT2D eigenvalue weighted by Crippen LogP contribution is 2.08. The monoisotopic (exact) mass is 182 g/mol. The van der Waals surface area contributed by atoms with Crippen molar-refractivity contribution in [3.8, 4) is 0 Å². The van der Waals surface area contributed by atoms with Crippen molar-refractivity contribution in [2.45, 2.75) is 19.4 Å². The number of aromatic nitrogens is 1. The van der Waals surface area contributed by atoms with Crippen molar-refractivity contribution in [3.63, 3.8) is 0 Å². The van der Waals surface area contributed by atoms with Gasteiger partial charge >= 0.3 is 0 Å². The van der Waals surface area contributed by atoms with Crippen molar-refractivity contribution in [1.82, 2.24) is 4.98 Å². The smallest absolute Gasteiger partial charge is 0.182 e. The Kier molecular flexibility index (Phi) is 3.08. The highest BCUT2D eigenvalue weighted by atomic mass is 19.1. The third-order valence-corrected chi connectivity index (χ3v) is 1.81. The van der Waals surface area contributed by atoms with Crippen LogP contribution in [-0.4, -0.2) is 16.8 Å². The Hall–Kier alpha value is -1.29. The summed E-state index contributed by atoms with van der Waals surface area (Å²) in [5.74, 6) is -0.987. The van der Waals surface area contributed by atoms with Crippen LogP contribution in [0.4, 0.5) is 4.39 Å². The molecule has 1 rings (SSSR count). The Balaban J connectivity index is 2.95. The van der Waals surface area contributed by atoms with Gasteiger partial charge in [-0.2, -0.15) is 0 Å². The average Bonchev–Trinajstić information content (AvgIpc) is 2.16. The zero-order chi connectivity index (χ0) is 9.84. The van der Waals surface area contributed by atoms with Crippen LogP contribution in [0.1, 0.15) is 23.7 Å². The van der Waals surface area contributed by atoms with Gasteiger partial charge in [-0.1, -0.05) is 6.92 Å². The molecule has 0 amide bonds. The maximum absolute atomic E-state index is 13.0. The van der Waals surface area contributed by atoms with E-state index in [0.717, 1.165) is 6.20 Å². The van der Waals surface area contributed by atoms with Gasteiger partial charge in [0.2, 0.25) is 0 Å². The van der Waals surface area contributed by atoms with Gasteiger partial charge in [0.25, 0.3) is 0 Å². The van der Waals surface area contributed by atoms with E-state index in [2.05, 4.69) is 4.98 Å². The van der Waals surface area contributed by atoms with E-state index in [9.17, 15) is 9.18 Å². The summed E-state index contributed by atoms with van der Waals surface area (Å²) in [6.45, 7) is 1.78. The molecule has 0 fully saturated rings. The standard InChI is InChI=1S/C9H11FN2O/c1-2-8(11)9(13)6-3-4-12-5-7(6)10/h3-5,8H,2,11H2,1H3. The summed E-state index contributed by atoms with van der Waals surface area (Å²) in [6, 6.07) is 0.713. The van der Waals surface area contributed by atoms with Crippen LogP contribution in [0.15, 0.2) is 18.5 Å². The third-order valence-electron chi connectivity index (χ3n) is 1.81. The maximum atomic E-state index is 13.0. The predicted molar refractivity (Wildman–Crippen MR) is 46.8 cm³/mol. The molecule has 0 saturated heterocycles. The van der Waals surface area contributed by atoms with Gasteiger partial charge in [0.05, 0.1) is 17.8 Å². The Morgan fingerprint density at radius 2 is 2.46 bits per heavy atom. The topological polar surface area (TPSA) is 56.0 Å². The van der Waals surface area contributed by atoms with Crippen LogP contribution >= 0.6 is 0 Å². The molecule has 1 heterocycles. The largest absolute Gasteiger partial charge is 0.321 e. The number of hydrogen-bond donors (Lipinski definition) is 1. The van der Waals surface area contributed by atoms with Gasteiger partial charge in [-0.05, 0) is 12.5 Å². The lowest BCUT2D eigenvalue weighted by Crippen LogP contribution is -2.30. The van der Waals surface area contributed by atoms with Crippen molar-refractivity contribution < 1.29 is 9.18 Å². The van der Waals surface area contributed by atoms with Crippen molar-refractivity contribution in [2.24, 2.45) is 5.73 Å². The van der Waals surface area contributed by atoms with Gasteiger partial charge in [0.15, 0.2) is 11.6 Å². The quantitative estimate of drug-likeness (QED) is 0.713. The van der Waals surface area contributed by atoms with Crippen LogP contribution in [-0.2, 0) is 0 Å². The predicted octanol–water partition coefficient (Wildman–Crippen LogP) is 1.14. The summed E-state index contributed by atoms with van der Waals surface area (Å²) in [5.41, 5.74) is 5.50. The van der Waals surface area contributed by atoms with Crippen molar-refractivity contribution >= 4 is 5.78 Å². The van der Waals surface area contributed by atoms with E-state index in [4.69, 9.17) is 5.73 Å². The summed E-state index contributed by atoms with van der Waals surface area (Å²) in [7, 11) is 0. The molecular weight excluding hydrogens is 171 g/mol. The zero-order valence-electron chi connectivity index (χ0n) is 7.33. The van der Waals surface area contributed by atoms with Gasteiger partial charge in [-0.3, -0.25) is 9.78 Å². The van der Waals surface area contributed by atoms with Crippen LogP contribution in [0.3, 0.4) is 0 Å². The van der Waals surface area contributed by atoms with Crippen LogP contribution in [0.2, 0.25) is 0 Å². The van der Waals surface area contributed by atoms with Crippen LogP contribution in [0, 0.1) is 5.82 Å². The van der Waals surface area contributed by atoms with E-state index in [1.807, 2.05) is 0 Å². The molecule has 0 aromatic carbocycles. The molecule has 0 radical (unpaired) electrons. The van der Waals surface area contributed by atoms with Crippen LogP contribution in [0.25, 0.3) is 0 Å². The van der Waals surface area contributed by atoms with Gasteiger partial charge < -0.3 is 5.73 Å². The van der Waals surface area contributed by atoms with E-state index < -0.39 is 11.9 Å². The zero-order valence-corrected chi connectivity index (χ0v) is 7.33. The Bertz CT molecular complexity index is 314. The fourth-order valence-corrected chi connectivity index (χ4v) is 0.960. The summed E-state index contributed by atoms with van der Waals surface area (Å²) in [4.78, 5) is 14.9. The third kappa shape index (κ3) is 2.09. The molecule has 4 heteroatoms. The summed E-state index contributed by atoms with van der Waals surface area (Å²) in [6.07, 6.45) is 2.88. The first-order chi connectivity index (χ1) is 6.16. The molecular formula is C9H11FN2O. The summed E-state index contributed by atoms with van der Waals surface area (Å²) in [5, 5.41) is 0. The van der Waals surface area contributed by atoms with Gasteiger partial charge in [0.1, 0.15) is 0 Å². The SMILES string of the molecule is CCC(N)C(=O)c1ccncc1F. The molecule has 0 spiro atoms. The van der Waals surface area contributed by atoms with Crippen molar-refractivity contribution in [1.29, 1.82) is 0 Å². The van der Waals surface area contributed by atoms with E-state index in [0.29, 0.717) is 6.42 Å². The number of ketones is 1. The van der Waals surface area contributed by atoms with E-state index in [1.165, 1.54) is 12.3 Å². The minimum Gasteiger partial charge on any atom is -0.321 e. The fraction of sp³-hybridized carbons (Fsp3) is 0.333. The first kappa shape index (κ1) is 9.80. The van der Waals surface area contributed by atoms with E-state index in [-0.39, 0.29) is 11.3 Å². The lowest BCUT2D eigenvalue weighted by atomic mass is 10.0. The van der Waals surface area contributed by atoms with Gasteiger partial charge in [0, 0.05) is 6.20 Å². The maximum Gasteiger partial charge on any atom is 0.182 e. The number of hydrogen-bond acceptors (Lipinski definition) is 3. The molecule has 0 saturated carbocycles. The number of carbonyl (C=O) groups excluding carboxylic acids is 1. The van der Waals surface area contributed by atoms with Gasteiger partial charge in [-0.25, -0.2) is 4.39 Å². The highest BCUT2D eigenvalue weighted by Gasteiger charge is 2.16. The lowest BCUT2D eigenvalue weighted by Gasteiger charge is -2.07. The van der Waals surface area contributed by atoms with Crippen LogP contribution in [0.5, 0.6) is 0 Å². The molecule has 1 atom stereocenters. The lowest BCUT2D eigenvalue weighted by molar-refractivity contribution is 0.0955. The highest BCUT2D eigenvalue weighted by molar-refractivity contribution is 5.99. The molecule has 1 unspecified atom stereocenters. The summed E-state index contributed by atoms with van der Waals surface area (Å²) >= 11 is 0. The Labute approximate surface area is 75.8 Å². The second kappa shape index (κ2) is 4.09. The van der Waals surface area contributed by atoms with E-state index in [1.54, 1.807) is 6.92 Å². The molecule has 70 valence electrons. The summed E-state index contributed by atoms with van der Waals surface area (Å²) < 4.78 is 13.0. The van der Waals surface area contributed by atoms with Crippen LogP contribution < -0.4 is 5.73 Å². The minimum atomic E-state index is -0.628. The number of Topliss-reactive ketones (excluding diaryl/α,β-unsaturated/α-hetero) is 1. The number of rotatable bonds is 3. The number of pyridine rings is 1. The number of nitrogens with two attached hydrogens (primary N) is 1. The molecule has 0 aliphatic rings.